The molecule has 1 aromatic rings. The highest BCUT2D eigenvalue weighted by molar-refractivity contribution is 5.98. The van der Waals surface area contributed by atoms with Gasteiger partial charge in [-0.2, -0.15) is 0 Å². The lowest BCUT2D eigenvalue weighted by Gasteiger charge is -2.23. The van der Waals surface area contributed by atoms with Gasteiger partial charge < -0.3 is 19.5 Å². The minimum absolute atomic E-state index is 0.210. The van der Waals surface area contributed by atoms with Crippen LogP contribution in [0.4, 0.5) is 4.79 Å². The van der Waals surface area contributed by atoms with Crippen molar-refractivity contribution in [3.05, 3.63) is 29.8 Å². The van der Waals surface area contributed by atoms with Gasteiger partial charge >= 0.3 is 12.1 Å². The average molecular weight is 309 g/mol. The van der Waals surface area contributed by atoms with Gasteiger partial charge in [0.05, 0.1) is 13.7 Å². The number of esters is 1. The van der Waals surface area contributed by atoms with Gasteiger partial charge in [0.25, 0.3) is 5.91 Å². The maximum Gasteiger partial charge on any atom is 0.513 e. The Balaban J connectivity index is 2.72. The van der Waals surface area contributed by atoms with Crippen LogP contribution in [0.1, 0.15) is 31.1 Å². The number of carbonyl (C=O) groups excluding carboxylic acids is 3. The molecule has 0 aromatic heterocycles. The summed E-state index contributed by atoms with van der Waals surface area (Å²) in [6, 6.07) is 5.85. The molecule has 22 heavy (non-hydrogen) atoms. The van der Waals surface area contributed by atoms with Gasteiger partial charge in [0.1, 0.15) is 11.3 Å². The van der Waals surface area contributed by atoms with Crippen molar-refractivity contribution in [1.29, 1.82) is 0 Å². The average Bonchev–Trinajstić information content (AvgIpc) is 2.46. The van der Waals surface area contributed by atoms with E-state index in [9.17, 15) is 14.4 Å². The predicted octanol–water partition coefficient (Wildman–Crippen LogP) is 1.90. The molecule has 0 saturated heterocycles. The molecular weight excluding hydrogens is 290 g/mol. The normalized spacial score (nSPS) is 10.5. The number of hydrogen-bond acceptors (Lipinski definition) is 6. The highest BCUT2D eigenvalue weighted by Crippen LogP contribution is 2.14. The van der Waals surface area contributed by atoms with Crippen molar-refractivity contribution < 1.29 is 28.6 Å². The van der Waals surface area contributed by atoms with E-state index in [0.29, 0.717) is 5.56 Å². The maximum absolute atomic E-state index is 12.1. The van der Waals surface area contributed by atoms with E-state index in [0.717, 1.165) is 0 Å². The Bertz CT molecular complexity index is 550. The second kappa shape index (κ2) is 7.44. The van der Waals surface area contributed by atoms with Crippen LogP contribution < -0.4 is 10.1 Å². The number of amides is 1. The third-order valence-corrected chi connectivity index (χ3v) is 2.70. The first-order valence-electron chi connectivity index (χ1n) is 6.65. The fourth-order valence-electron chi connectivity index (χ4n) is 1.58. The van der Waals surface area contributed by atoms with Crippen molar-refractivity contribution in [2.45, 2.75) is 26.3 Å². The maximum atomic E-state index is 12.1. The first kappa shape index (κ1) is 17.5. The molecule has 0 fully saturated rings. The molecule has 0 heterocycles. The van der Waals surface area contributed by atoms with E-state index in [4.69, 9.17) is 4.74 Å². The molecule has 0 spiro atoms. The number of benzene rings is 1. The topological polar surface area (TPSA) is 90.9 Å². The highest BCUT2D eigenvalue weighted by Gasteiger charge is 2.30. The van der Waals surface area contributed by atoms with E-state index in [2.05, 4.69) is 14.8 Å². The summed E-state index contributed by atoms with van der Waals surface area (Å²) in [6.45, 7) is 4.95. The molecular formula is C15H19NO6. The number of rotatable bonds is 5. The van der Waals surface area contributed by atoms with Crippen molar-refractivity contribution in [3.63, 3.8) is 0 Å². The van der Waals surface area contributed by atoms with Crippen molar-refractivity contribution in [3.8, 4) is 5.75 Å². The first-order chi connectivity index (χ1) is 10.3. The van der Waals surface area contributed by atoms with Crippen molar-refractivity contribution >= 4 is 18.0 Å². The Morgan fingerprint density at radius 3 is 2.23 bits per heavy atom. The third-order valence-electron chi connectivity index (χ3n) is 2.70. The summed E-state index contributed by atoms with van der Waals surface area (Å²) in [5.74, 6) is -0.747. The van der Waals surface area contributed by atoms with E-state index < -0.39 is 23.6 Å². The van der Waals surface area contributed by atoms with Crippen LogP contribution in [0.3, 0.4) is 0 Å². The molecule has 0 aliphatic rings. The van der Waals surface area contributed by atoms with E-state index in [1.54, 1.807) is 6.92 Å². The zero-order valence-corrected chi connectivity index (χ0v) is 13.0. The zero-order chi connectivity index (χ0) is 16.8. The summed E-state index contributed by atoms with van der Waals surface area (Å²) in [5.41, 5.74) is -0.834. The molecule has 0 unspecified atom stereocenters. The molecule has 1 rings (SSSR count). The summed E-state index contributed by atoms with van der Waals surface area (Å²) in [5, 5.41) is 2.56. The molecule has 0 aliphatic carbocycles. The Hall–Kier alpha value is -2.57. The summed E-state index contributed by atoms with van der Waals surface area (Å²) >= 11 is 0. The summed E-state index contributed by atoms with van der Waals surface area (Å²) < 4.78 is 14.1. The standard InChI is InChI=1S/C15H19NO6/c1-5-21-14(19)22-11-8-6-10(7-9-11)12(17)16-15(2,3)13(18)20-4/h6-9H,5H2,1-4H3,(H,16,17). The monoisotopic (exact) mass is 309 g/mol. The van der Waals surface area contributed by atoms with E-state index in [-0.39, 0.29) is 12.4 Å². The van der Waals surface area contributed by atoms with Gasteiger partial charge in [0.15, 0.2) is 0 Å². The smallest absolute Gasteiger partial charge is 0.467 e. The highest BCUT2D eigenvalue weighted by atomic mass is 16.7. The molecule has 0 radical (unpaired) electrons. The minimum Gasteiger partial charge on any atom is -0.467 e. The van der Waals surface area contributed by atoms with Crippen molar-refractivity contribution in [2.24, 2.45) is 0 Å². The molecule has 1 amide bonds. The van der Waals surface area contributed by atoms with Crippen LogP contribution in [-0.2, 0) is 14.3 Å². The van der Waals surface area contributed by atoms with Crippen LogP contribution in [0, 0.1) is 0 Å². The lowest BCUT2D eigenvalue weighted by Crippen LogP contribution is -2.50. The van der Waals surface area contributed by atoms with Crippen LogP contribution in [-0.4, -0.2) is 37.3 Å². The fourth-order valence-corrected chi connectivity index (χ4v) is 1.58. The number of methoxy groups -OCH3 is 1. The molecule has 0 bridgehead atoms. The summed E-state index contributed by atoms with van der Waals surface area (Å²) in [4.78, 5) is 34.7. The van der Waals surface area contributed by atoms with Gasteiger partial charge in [-0.15, -0.1) is 0 Å². The second-order valence-corrected chi connectivity index (χ2v) is 4.88. The molecule has 0 atom stereocenters. The van der Waals surface area contributed by atoms with Crippen LogP contribution in [0.15, 0.2) is 24.3 Å². The predicted molar refractivity (Wildman–Crippen MR) is 77.7 cm³/mol. The van der Waals surface area contributed by atoms with E-state index >= 15 is 0 Å². The van der Waals surface area contributed by atoms with Crippen LogP contribution >= 0.6 is 0 Å². The zero-order valence-electron chi connectivity index (χ0n) is 13.0. The van der Waals surface area contributed by atoms with Crippen LogP contribution in [0.5, 0.6) is 5.75 Å². The summed E-state index contributed by atoms with van der Waals surface area (Å²) in [7, 11) is 1.25. The molecule has 0 aliphatic heterocycles. The van der Waals surface area contributed by atoms with Gasteiger partial charge in [-0.25, -0.2) is 9.59 Å². The van der Waals surface area contributed by atoms with Crippen LogP contribution in [0.2, 0.25) is 0 Å². The Labute approximate surface area is 128 Å². The SMILES string of the molecule is CCOC(=O)Oc1ccc(C(=O)NC(C)(C)C(=O)OC)cc1. The first-order valence-corrected chi connectivity index (χ1v) is 6.65. The largest absolute Gasteiger partial charge is 0.513 e. The fraction of sp³-hybridized carbons (Fsp3) is 0.400. The number of hydrogen-bond donors (Lipinski definition) is 1. The number of nitrogens with one attached hydrogen (secondary N) is 1. The quantitative estimate of drug-likeness (QED) is 0.660. The molecule has 7 heteroatoms. The van der Waals surface area contributed by atoms with Crippen molar-refractivity contribution in [2.75, 3.05) is 13.7 Å². The number of ether oxygens (including phenoxy) is 3. The van der Waals surface area contributed by atoms with Gasteiger partial charge in [-0.3, -0.25) is 4.79 Å². The second-order valence-electron chi connectivity index (χ2n) is 4.88. The molecule has 7 nitrogen and oxygen atoms in total. The molecule has 0 saturated carbocycles. The molecule has 120 valence electrons. The van der Waals surface area contributed by atoms with Gasteiger partial charge in [0, 0.05) is 5.56 Å². The number of carbonyl (C=O) groups is 3. The lowest BCUT2D eigenvalue weighted by molar-refractivity contribution is -0.146. The van der Waals surface area contributed by atoms with E-state index in [1.165, 1.54) is 45.2 Å². The van der Waals surface area contributed by atoms with Gasteiger partial charge in [-0.1, -0.05) is 0 Å². The summed E-state index contributed by atoms with van der Waals surface area (Å²) in [6.07, 6.45) is -0.813. The van der Waals surface area contributed by atoms with Gasteiger partial charge in [-0.05, 0) is 45.0 Å². The molecule has 1 aromatic carbocycles. The molecule has 1 N–H and O–H groups in total. The Morgan fingerprint density at radius 1 is 1.14 bits per heavy atom. The Kier molecular flexibility index (Phi) is 5.91. The van der Waals surface area contributed by atoms with Gasteiger partial charge in [0.2, 0.25) is 0 Å². The lowest BCUT2D eigenvalue weighted by atomic mass is 10.1. The minimum atomic E-state index is -1.15. The Morgan fingerprint density at radius 2 is 1.73 bits per heavy atom. The van der Waals surface area contributed by atoms with Crippen LogP contribution in [0.25, 0.3) is 0 Å². The van der Waals surface area contributed by atoms with E-state index in [1.807, 2.05) is 0 Å². The third kappa shape index (κ3) is 4.76. The van der Waals surface area contributed by atoms with Crippen molar-refractivity contribution in [1.82, 2.24) is 5.32 Å².